The van der Waals surface area contributed by atoms with Crippen LogP contribution in [0.4, 0.5) is 5.69 Å². The third kappa shape index (κ3) is 4.93. The van der Waals surface area contributed by atoms with Crippen LogP contribution in [0.1, 0.15) is 12.5 Å². The molecule has 24 heavy (non-hydrogen) atoms. The molecule has 0 aromatic heterocycles. The van der Waals surface area contributed by atoms with Gasteiger partial charge >= 0.3 is 0 Å². The molecule has 2 aromatic carbocycles. The van der Waals surface area contributed by atoms with Crippen LogP contribution in [0.15, 0.2) is 36.4 Å². The lowest BCUT2D eigenvalue weighted by Gasteiger charge is -2.23. The van der Waals surface area contributed by atoms with Gasteiger partial charge in [-0.05, 0) is 42.8 Å². The monoisotopic (exact) mass is 404 g/mol. The fraction of sp³-hybridized carbons (Fsp3) is 0.235. The molecule has 7 heteroatoms. The molecule has 0 saturated heterocycles. The van der Waals surface area contributed by atoms with Gasteiger partial charge in [-0.3, -0.25) is 4.79 Å². The highest BCUT2D eigenvalue weighted by atomic mass is 35.5. The quantitative estimate of drug-likeness (QED) is 0.685. The molecule has 0 bridgehead atoms. The normalized spacial score (nSPS) is 11.9. The maximum atomic E-state index is 12.5. The van der Waals surface area contributed by atoms with Crippen LogP contribution in [0.2, 0.25) is 20.1 Å². The predicted octanol–water partition coefficient (Wildman–Crippen LogP) is 5.76. The Labute approximate surface area is 161 Å². The van der Waals surface area contributed by atoms with E-state index in [2.05, 4.69) is 5.32 Å². The van der Waals surface area contributed by atoms with Crippen molar-refractivity contribution in [1.82, 2.24) is 4.90 Å². The Morgan fingerprint density at radius 3 is 2.17 bits per heavy atom. The van der Waals surface area contributed by atoms with E-state index in [1.54, 1.807) is 49.2 Å². The number of anilines is 1. The molecule has 3 nitrogen and oxygen atoms in total. The summed E-state index contributed by atoms with van der Waals surface area (Å²) < 4.78 is 0. The predicted molar refractivity (Wildman–Crippen MR) is 102 cm³/mol. The number of benzene rings is 2. The number of rotatable bonds is 5. The minimum atomic E-state index is -0.421. The van der Waals surface area contributed by atoms with Gasteiger partial charge in [-0.25, -0.2) is 0 Å². The SMILES string of the molecule is C[C@H](Nc1ccc(Cl)c(Cl)c1)C(=O)N(C)Cc1ccc(Cl)c(Cl)c1. The van der Waals surface area contributed by atoms with Gasteiger partial charge in [-0.1, -0.05) is 52.5 Å². The van der Waals surface area contributed by atoms with Gasteiger partial charge in [0.25, 0.3) is 0 Å². The molecule has 1 atom stereocenters. The molecular formula is C17H16Cl4N2O. The van der Waals surface area contributed by atoms with Gasteiger partial charge in [0, 0.05) is 19.3 Å². The van der Waals surface area contributed by atoms with E-state index in [1.807, 2.05) is 6.07 Å². The van der Waals surface area contributed by atoms with E-state index < -0.39 is 6.04 Å². The summed E-state index contributed by atoms with van der Waals surface area (Å²) in [5.74, 6) is -0.0628. The first kappa shape index (κ1) is 19.2. The summed E-state index contributed by atoms with van der Waals surface area (Å²) in [6.45, 7) is 2.22. The number of hydrogen-bond acceptors (Lipinski definition) is 2. The molecule has 1 amide bonds. The molecule has 1 N–H and O–H groups in total. The molecular weight excluding hydrogens is 390 g/mol. The lowest BCUT2D eigenvalue weighted by atomic mass is 10.2. The van der Waals surface area contributed by atoms with Gasteiger partial charge in [0.05, 0.1) is 20.1 Å². The molecule has 0 heterocycles. The van der Waals surface area contributed by atoms with Gasteiger partial charge < -0.3 is 10.2 Å². The second-order valence-corrected chi connectivity index (χ2v) is 7.07. The van der Waals surface area contributed by atoms with Crippen molar-refractivity contribution >= 4 is 58.0 Å². The second-order valence-electron chi connectivity index (χ2n) is 5.44. The lowest BCUT2D eigenvalue weighted by Crippen LogP contribution is -2.38. The summed E-state index contributed by atoms with van der Waals surface area (Å²) in [6.07, 6.45) is 0. The van der Waals surface area contributed by atoms with Crippen LogP contribution in [-0.2, 0) is 11.3 Å². The van der Waals surface area contributed by atoms with Gasteiger partial charge in [-0.2, -0.15) is 0 Å². The number of nitrogens with zero attached hydrogens (tertiary/aromatic N) is 1. The fourth-order valence-electron chi connectivity index (χ4n) is 2.22. The van der Waals surface area contributed by atoms with Gasteiger partial charge in [0.2, 0.25) is 5.91 Å². The van der Waals surface area contributed by atoms with E-state index in [0.29, 0.717) is 26.6 Å². The summed E-state index contributed by atoms with van der Waals surface area (Å²) in [6, 6.07) is 10.0. The number of hydrogen-bond donors (Lipinski definition) is 1. The number of likely N-dealkylation sites (N-methyl/N-ethyl adjacent to an activating group) is 1. The van der Waals surface area contributed by atoms with Crippen LogP contribution in [0.3, 0.4) is 0 Å². The molecule has 0 aliphatic heterocycles. The third-order valence-electron chi connectivity index (χ3n) is 3.45. The van der Waals surface area contributed by atoms with Crippen molar-refractivity contribution in [2.24, 2.45) is 0 Å². The van der Waals surface area contributed by atoms with Crippen molar-refractivity contribution in [3.63, 3.8) is 0 Å². The minimum Gasteiger partial charge on any atom is -0.374 e. The van der Waals surface area contributed by atoms with Crippen LogP contribution in [-0.4, -0.2) is 23.9 Å². The number of amides is 1. The summed E-state index contributed by atoms with van der Waals surface area (Å²) in [5, 5.41) is 4.98. The van der Waals surface area contributed by atoms with Crippen LogP contribution in [0, 0.1) is 0 Å². The van der Waals surface area contributed by atoms with Crippen molar-refractivity contribution < 1.29 is 4.79 Å². The van der Waals surface area contributed by atoms with E-state index in [0.717, 1.165) is 11.3 Å². The van der Waals surface area contributed by atoms with Crippen LogP contribution in [0.25, 0.3) is 0 Å². The highest BCUT2D eigenvalue weighted by Crippen LogP contribution is 2.26. The molecule has 0 spiro atoms. The van der Waals surface area contributed by atoms with E-state index in [9.17, 15) is 4.79 Å². The summed E-state index contributed by atoms with van der Waals surface area (Å²) in [5.41, 5.74) is 1.63. The van der Waals surface area contributed by atoms with E-state index in [-0.39, 0.29) is 5.91 Å². The van der Waals surface area contributed by atoms with Crippen molar-refractivity contribution in [3.8, 4) is 0 Å². The molecule has 0 radical (unpaired) electrons. The zero-order valence-electron chi connectivity index (χ0n) is 13.1. The highest BCUT2D eigenvalue weighted by molar-refractivity contribution is 6.42. The van der Waals surface area contributed by atoms with E-state index in [1.165, 1.54) is 0 Å². The average Bonchev–Trinajstić information content (AvgIpc) is 2.53. The minimum absolute atomic E-state index is 0.0628. The average molecular weight is 406 g/mol. The lowest BCUT2D eigenvalue weighted by molar-refractivity contribution is -0.130. The molecule has 0 unspecified atom stereocenters. The Morgan fingerprint density at radius 2 is 1.58 bits per heavy atom. The standard InChI is InChI=1S/C17H16Cl4N2O/c1-10(22-12-4-6-14(19)16(21)8-12)17(24)23(2)9-11-3-5-13(18)15(20)7-11/h3-8,10,22H,9H2,1-2H3/t10-/m0/s1. The summed E-state index contributed by atoms with van der Waals surface area (Å²) in [7, 11) is 1.73. The summed E-state index contributed by atoms with van der Waals surface area (Å²) in [4.78, 5) is 14.1. The number of carbonyl (C=O) groups is 1. The second kappa shape index (κ2) is 8.30. The van der Waals surface area contributed by atoms with Crippen molar-refractivity contribution in [2.75, 3.05) is 12.4 Å². The first-order valence-corrected chi connectivity index (χ1v) is 8.69. The van der Waals surface area contributed by atoms with E-state index in [4.69, 9.17) is 46.4 Å². The maximum Gasteiger partial charge on any atom is 0.244 e. The Morgan fingerprint density at radius 1 is 1.00 bits per heavy atom. The first-order chi connectivity index (χ1) is 11.3. The smallest absolute Gasteiger partial charge is 0.244 e. The molecule has 0 fully saturated rings. The molecule has 2 aromatic rings. The van der Waals surface area contributed by atoms with Gasteiger partial charge in [0.15, 0.2) is 0 Å². The third-order valence-corrected chi connectivity index (χ3v) is 4.93. The summed E-state index contributed by atoms with van der Waals surface area (Å²) >= 11 is 23.8. The van der Waals surface area contributed by atoms with Crippen LogP contribution >= 0.6 is 46.4 Å². The number of nitrogens with one attached hydrogen (secondary N) is 1. The largest absolute Gasteiger partial charge is 0.374 e. The van der Waals surface area contributed by atoms with Gasteiger partial charge in [-0.15, -0.1) is 0 Å². The molecule has 2 rings (SSSR count). The highest BCUT2D eigenvalue weighted by Gasteiger charge is 2.18. The number of carbonyl (C=O) groups excluding carboxylic acids is 1. The van der Waals surface area contributed by atoms with Crippen LogP contribution in [0.5, 0.6) is 0 Å². The topological polar surface area (TPSA) is 32.3 Å². The fourth-order valence-corrected chi connectivity index (χ4v) is 2.84. The van der Waals surface area contributed by atoms with Crippen molar-refractivity contribution in [1.29, 1.82) is 0 Å². The number of halogens is 4. The van der Waals surface area contributed by atoms with Crippen LogP contribution < -0.4 is 5.32 Å². The van der Waals surface area contributed by atoms with E-state index >= 15 is 0 Å². The molecule has 0 aliphatic carbocycles. The maximum absolute atomic E-state index is 12.5. The van der Waals surface area contributed by atoms with Crippen molar-refractivity contribution in [2.45, 2.75) is 19.5 Å². The zero-order chi connectivity index (χ0) is 17.9. The van der Waals surface area contributed by atoms with Crippen molar-refractivity contribution in [3.05, 3.63) is 62.1 Å². The Hall–Kier alpha value is -1.13. The molecule has 0 saturated carbocycles. The first-order valence-electron chi connectivity index (χ1n) is 7.18. The Balaban J connectivity index is 2.00. The zero-order valence-corrected chi connectivity index (χ0v) is 16.1. The Kier molecular flexibility index (Phi) is 6.64. The Bertz CT molecular complexity index is 690. The molecule has 128 valence electrons. The van der Waals surface area contributed by atoms with Gasteiger partial charge in [0.1, 0.15) is 6.04 Å². The molecule has 0 aliphatic rings.